The lowest BCUT2D eigenvalue weighted by atomic mass is 10.1. The average molecular weight is 338 g/mol. The van der Waals surface area contributed by atoms with Crippen LogP contribution in [0.3, 0.4) is 0 Å². The molecule has 0 aliphatic carbocycles. The number of fused-ring (bicyclic) bond motifs is 1. The number of nitrogens with one attached hydrogen (secondary N) is 3. The quantitative estimate of drug-likeness (QED) is 0.756. The summed E-state index contributed by atoms with van der Waals surface area (Å²) in [7, 11) is 0. The van der Waals surface area contributed by atoms with Crippen LogP contribution in [0.15, 0.2) is 54.0 Å². The van der Waals surface area contributed by atoms with Gasteiger partial charge in [0.2, 0.25) is 0 Å². The van der Waals surface area contributed by atoms with Crippen LogP contribution in [-0.2, 0) is 0 Å². The Morgan fingerprint density at radius 2 is 2.04 bits per heavy atom. The smallest absolute Gasteiger partial charge is 0.146 e. The Morgan fingerprint density at radius 1 is 1.24 bits per heavy atom. The van der Waals surface area contributed by atoms with Crippen molar-refractivity contribution in [3.8, 4) is 0 Å². The van der Waals surface area contributed by atoms with Gasteiger partial charge in [0, 0.05) is 29.1 Å². The third kappa shape index (κ3) is 3.65. The predicted octanol–water partition coefficient (Wildman–Crippen LogP) is 4.43. The fraction of sp³-hybridized carbons (Fsp3) is 0.250. The molecule has 1 heterocycles. The summed E-state index contributed by atoms with van der Waals surface area (Å²) in [6, 6.07) is 13.0. The van der Waals surface area contributed by atoms with E-state index < -0.39 is 0 Å². The van der Waals surface area contributed by atoms with Crippen LogP contribution in [0.2, 0.25) is 0 Å². The van der Waals surface area contributed by atoms with E-state index in [2.05, 4.69) is 27.5 Å². The number of halogens is 1. The topological polar surface area (TPSA) is 48.5 Å². The van der Waals surface area contributed by atoms with E-state index in [1.54, 1.807) is 6.07 Å². The van der Waals surface area contributed by atoms with Crippen molar-refractivity contribution in [1.29, 1.82) is 0 Å². The highest BCUT2D eigenvalue weighted by atomic mass is 19.1. The normalized spacial score (nSPS) is 15.6. The van der Waals surface area contributed by atoms with E-state index in [-0.39, 0.29) is 12.0 Å². The van der Waals surface area contributed by atoms with E-state index in [1.807, 2.05) is 44.2 Å². The van der Waals surface area contributed by atoms with Gasteiger partial charge in [-0.2, -0.15) is 0 Å². The maximum Gasteiger partial charge on any atom is 0.146 e. The highest BCUT2D eigenvalue weighted by Crippen LogP contribution is 2.27. The molecular formula is C20H23FN4. The van der Waals surface area contributed by atoms with Crippen molar-refractivity contribution in [2.75, 3.05) is 17.2 Å². The van der Waals surface area contributed by atoms with Gasteiger partial charge < -0.3 is 16.0 Å². The van der Waals surface area contributed by atoms with Crippen LogP contribution in [0.5, 0.6) is 0 Å². The summed E-state index contributed by atoms with van der Waals surface area (Å²) in [5.41, 5.74) is 3.78. The van der Waals surface area contributed by atoms with Crippen LogP contribution in [0, 0.1) is 5.82 Å². The van der Waals surface area contributed by atoms with Crippen molar-refractivity contribution in [2.24, 2.45) is 4.99 Å². The van der Waals surface area contributed by atoms with Crippen molar-refractivity contribution in [2.45, 2.75) is 26.4 Å². The molecule has 1 aliphatic heterocycles. The minimum absolute atomic E-state index is 0.0459. The summed E-state index contributed by atoms with van der Waals surface area (Å²) in [4.78, 5) is 4.62. The van der Waals surface area contributed by atoms with Crippen molar-refractivity contribution in [3.63, 3.8) is 0 Å². The molecule has 0 spiro atoms. The number of hydrogen-bond donors (Lipinski definition) is 3. The zero-order valence-electron chi connectivity index (χ0n) is 14.6. The van der Waals surface area contributed by atoms with Gasteiger partial charge in [0.05, 0.1) is 5.69 Å². The third-order valence-electron chi connectivity index (χ3n) is 4.03. The fourth-order valence-corrected chi connectivity index (χ4v) is 2.85. The highest BCUT2D eigenvalue weighted by molar-refractivity contribution is 6.08. The fourth-order valence-electron chi connectivity index (χ4n) is 2.85. The number of nitrogens with zero attached hydrogens (tertiary/aromatic N) is 1. The molecule has 130 valence electrons. The second-order valence-electron chi connectivity index (χ2n) is 6.04. The molecule has 0 saturated carbocycles. The molecule has 2 aromatic rings. The number of anilines is 2. The summed E-state index contributed by atoms with van der Waals surface area (Å²) in [6.07, 6.45) is 0.868. The number of aliphatic imine (C=N–C) groups is 1. The number of benzene rings is 2. The molecule has 1 aliphatic rings. The minimum atomic E-state index is -0.282. The first-order chi connectivity index (χ1) is 12.1. The first-order valence-electron chi connectivity index (χ1n) is 8.52. The molecule has 0 amide bonds. The lowest BCUT2D eigenvalue weighted by Gasteiger charge is -2.25. The van der Waals surface area contributed by atoms with Crippen molar-refractivity contribution < 1.29 is 4.39 Å². The summed E-state index contributed by atoms with van der Waals surface area (Å²) < 4.78 is 14.2. The summed E-state index contributed by atoms with van der Waals surface area (Å²) in [5, 5.41) is 9.75. The Bertz CT molecular complexity index is 813. The van der Waals surface area contributed by atoms with Gasteiger partial charge in [0.15, 0.2) is 0 Å². The van der Waals surface area contributed by atoms with Crippen LogP contribution >= 0.6 is 0 Å². The van der Waals surface area contributed by atoms with Gasteiger partial charge in [-0.1, -0.05) is 37.8 Å². The minimum Gasteiger partial charge on any atom is -0.382 e. The van der Waals surface area contributed by atoms with Gasteiger partial charge in [-0.25, -0.2) is 9.38 Å². The lowest BCUT2D eigenvalue weighted by Crippen LogP contribution is -2.31. The monoisotopic (exact) mass is 338 g/mol. The summed E-state index contributed by atoms with van der Waals surface area (Å²) in [5.74, 6) is 0.451. The Balaban J connectivity index is 1.89. The molecule has 0 aromatic heterocycles. The van der Waals surface area contributed by atoms with Gasteiger partial charge >= 0.3 is 0 Å². The zero-order chi connectivity index (χ0) is 17.8. The molecule has 0 unspecified atom stereocenters. The Kier molecular flexibility index (Phi) is 5.03. The van der Waals surface area contributed by atoms with Crippen molar-refractivity contribution >= 4 is 22.9 Å². The molecule has 5 heteroatoms. The second kappa shape index (κ2) is 7.38. The van der Waals surface area contributed by atoms with Crippen LogP contribution in [0.25, 0.3) is 5.70 Å². The van der Waals surface area contributed by atoms with Crippen LogP contribution in [0.1, 0.15) is 31.4 Å². The van der Waals surface area contributed by atoms with E-state index in [4.69, 9.17) is 0 Å². The molecular weight excluding hydrogens is 315 g/mol. The first-order valence-corrected chi connectivity index (χ1v) is 8.52. The molecule has 4 nitrogen and oxygen atoms in total. The van der Waals surface area contributed by atoms with Crippen molar-refractivity contribution in [3.05, 3.63) is 66.0 Å². The Hall–Kier alpha value is -2.82. The zero-order valence-corrected chi connectivity index (χ0v) is 14.6. The largest absolute Gasteiger partial charge is 0.382 e. The highest BCUT2D eigenvalue weighted by Gasteiger charge is 2.19. The number of amidine groups is 1. The van der Waals surface area contributed by atoms with Crippen LogP contribution < -0.4 is 16.0 Å². The van der Waals surface area contributed by atoms with E-state index in [9.17, 15) is 4.39 Å². The van der Waals surface area contributed by atoms with E-state index >= 15 is 0 Å². The third-order valence-corrected chi connectivity index (χ3v) is 4.03. The Morgan fingerprint density at radius 3 is 2.84 bits per heavy atom. The lowest BCUT2D eigenvalue weighted by molar-refractivity contribution is 0.629. The maximum absolute atomic E-state index is 14.2. The number of hydrogen-bond acceptors (Lipinski definition) is 4. The van der Waals surface area contributed by atoms with Crippen molar-refractivity contribution in [1.82, 2.24) is 5.32 Å². The molecule has 3 rings (SSSR count). The molecule has 0 saturated heterocycles. The SMILES string of the molecule is C=C(NC1=N[C@@H](C)Nc2ccccc21)c1cccc(F)c1NCCC. The molecule has 0 bridgehead atoms. The number of rotatable bonds is 5. The molecule has 0 fully saturated rings. The van der Waals surface area contributed by atoms with Crippen LogP contribution in [-0.4, -0.2) is 18.5 Å². The maximum atomic E-state index is 14.2. The van der Waals surface area contributed by atoms with Gasteiger partial charge in [0.25, 0.3) is 0 Å². The van der Waals surface area contributed by atoms with Gasteiger partial charge in [-0.05, 0) is 31.5 Å². The van der Waals surface area contributed by atoms with E-state index in [0.717, 1.165) is 23.5 Å². The number of para-hydroxylation sites is 2. The first kappa shape index (κ1) is 17.0. The standard InChI is InChI=1S/C20H23FN4/c1-4-12-22-19-15(9-7-10-17(19)21)13(2)23-20-16-8-5-6-11-18(16)24-14(3)25-20/h5-11,14,22,24H,2,4,12H2,1,3H3,(H,23,25)/t14-/m0/s1. The van der Waals surface area contributed by atoms with E-state index in [1.165, 1.54) is 6.07 Å². The molecule has 0 radical (unpaired) electrons. The average Bonchev–Trinajstić information content (AvgIpc) is 2.60. The van der Waals surface area contributed by atoms with Gasteiger partial charge in [0.1, 0.15) is 17.8 Å². The Labute approximate surface area is 147 Å². The van der Waals surface area contributed by atoms with Crippen LogP contribution in [0.4, 0.5) is 15.8 Å². The van der Waals surface area contributed by atoms with Gasteiger partial charge in [-0.15, -0.1) is 0 Å². The predicted molar refractivity (Wildman–Crippen MR) is 103 cm³/mol. The summed E-state index contributed by atoms with van der Waals surface area (Å²) >= 11 is 0. The van der Waals surface area contributed by atoms with Gasteiger partial charge in [-0.3, -0.25) is 0 Å². The molecule has 1 atom stereocenters. The molecule has 2 aromatic carbocycles. The van der Waals surface area contributed by atoms with E-state index in [0.29, 0.717) is 23.5 Å². The second-order valence-corrected chi connectivity index (χ2v) is 6.04. The molecule has 25 heavy (non-hydrogen) atoms. The molecule has 3 N–H and O–H groups in total. The summed E-state index contributed by atoms with van der Waals surface area (Å²) in [6.45, 7) is 8.84.